The fourth-order valence-corrected chi connectivity index (χ4v) is 5.71. The number of unbranched alkanes of at least 4 members (excludes halogenated alkanes) is 1. The van der Waals surface area contributed by atoms with Crippen LogP contribution in [-0.2, 0) is 19.2 Å². The standard InChI is InChI=1S/C28H40N4O8/c1-40-19-11-9-17(10-12-19)25(34)30-20(7-4-5-15-29)26(35)31-21(27(36)37)13-14-24(33)32-22-8-3-2-6-18(22)16-23(32)28(38)39/h9-12,18,20-23H,2-8,13-16,29H2,1H3,(H,30,34)(H,31,35)(H,36,37)(H,38,39)/t18-,20-,21+,22-,23-/m0/s1. The van der Waals surface area contributed by atoms with E-state index in [-0.39, 0.29) is 31.2 Å². The van der Waals surface area contributed by atoms with Crippen LogP contribution in [0.5, 0.6) is 5.75 Å². The SMILES string of the molecule is COc1ccc(C(=O)N[C@@H](CCCCN)C(=O)N[C@H](CCC(=O)N2[C@H](C(=O)O)C[C@@H]3CCCC[C@@H]32)C(=O)O)cc1. The highest BCUT2D eigenvalue weighted by atomic mass is 16.5. The highest BCUT2D eigenvalue weighted by Gasteiger charge is 2.47. The van der Waals surface area contributed by atoms with Crippen molar-refractivity contribution in [2.75, 3.05) is 13.7 Å². The van der Waals surface area contributed by atoms with Crippen molar-refractivity contribution in [3.05, 3.63) is 29.8 Å². The summed E-state index contributed by atoms with van der Waals surface area (Å²) in [5.74, 6) is -3.29. The van der Waals surface area contributed by atoms with Gasteiger partial charge < -0.3 is 36.2 Å². The summed E-state index contributed by atoms with van der Waals surface area (Å²) in [5.41, 5.74) is 5.87. The quantitative estimate of drug-likeness (QED) is 0.210. The lowest BCUT2D eigenvalue weighted by Gasteiger charge is -2.33. The zero-order valence-corrected chi connectivity index (χ0v) is 22.8. The number of likely N-dealkylation sites (tertiary alicyclic amines) is 1. The highest BCUT2D eigenvalue weighted by Crippen LogP contribution is 2.40. The predicted octanol–water partition coefficient (Wildman–Crippen LogP) is 1.52. The molecule has 12 heteroatoms. The maximum absolute atomic E-state index is 13.2. The number of hydrogen-bond acceptors (Lipinski definition) is 7. The van der Waals surface area contributed by atoms with Gasteiger partial charge in [0.2, 0.25) is 11.8 Å². The lowest BCUT2D eigenvalue weighted by Crippen LogP contribution is -2.52. The molecule has 1 saturated heterocycles. The van der Waals surface area contributed by atoms with E-state index >= 15 is 0 Å². The number of ether oxygens (including phenoxy) is 1. The van der Waals surface area contributed by atoms with Crippen LogP contribution in [0.15, 0.2) is 24.3 Å². The number of rotatable bonds is 14. The highest BCUT2D eigenvalue weighted by molar-refractivity contribution is 5.98. The Morgan fingerprint density at radius 2 is 1.70 bits per heavy atom. The average Bonchev–Trinajstić information content (AvgIpc) is 3.34. The normalized spacial score (nSPS) is 21.6. The van der Waals surface area contributed by atoms with Crippen molar-refractivity contribution in [2.24, 2.45) is 11.7 Å². The topological polar surface area (TPSA) is 188 Å². The van der Waals surface area contributed by atoms with Gasteiger partial charge in [0, 0.05) is 18.0 Å². The Morgan fingerprint density at radius 1 is 1.00 bits per heavy atom. The zero-order chi connectivity index (χ0) is 29.2. The van der Waals surface area contributed by atoms with Gasteiger partial charge in [-0.05, 0) is 81.7 Å². The maximum atomic E-state index is 13.2. The number of fused-ring (bicyclic) bond motifs is 1. The molecule has 6 N–H and O–H groups in total. The van der Waals surface area contributed by atoms with Crippen molar-refractivity contribution >= 4 is 29.7 Å². The molecule has 2 fully saturated rings. The van der Waals surface area contributed by atoms with Gasteiger partial charge in [0.25, 0.3) is 5.91 Å². The number of benzene rings is 1. The second-order valence-electron chi connectivity index (χ2n) is 10.5. The molecule has 0 aromatic heterocycles. The molecule has 1 saturated carbocycles. The van der Waals surface area contributed by atoms with Gasteiger partial charge >= 0.3 is 11.9 Å². The van der Waals surface area contributed by atoms with Crippen LogP contribution in [0.2, 0.25) is 0 Å². The first-order valence-electron chi connectivity index (χ1n) is 13.9. The molecule has 0 radical (unpaired) electrons. The first-order valence-corrected chi connectivity index (χ1v) is 13.9. The Hall–Kier alpha value is -3.67. The Balaban J connectivity index is 1.65. The third-order valence-corrected chi connectivity index (χ3v) is 7.84. The first kappa shape index (κ1) is 30.9. The van der Waals surface area contributed by atoms with Gasteiger partial charge in [-0.1, -0.05) is 12.8 Å². The molecule has 3 rings (SSSR count). The molecule has 1 aliphatic heterocycles. The van der Waals surface area contributed by atoms with Crippen LogP contribution < -0.4 is 21.1 Å². The minimum atomic E-state index is -1.39. The molecule has 3 amide bonds. The summed E-state index contributed by atoms with van der Waals surface area (Å²) in [5, 5.41) is 24.6. The van der Waals surface area contributed by atoms with E-state index in [1.807, 2.05) is 0 Å². The fraction of sp³-hybridized carbons (Fsp3) is 0.607. The van der Waals surface area contributed by atoms with E-state index in [4.69, 9.17) is 10.5 Å². The van der Waals surface area contributed by atoms with Gasteiger partial charge in [-0.25, -0.2) is 9.59 Å². The number of nitrogens with two attached hydrogens (primary N) is 1. The summed E-state index contributed by atoms with van der Waals surface area (Å²) in [7, 11) is 1.50. The minimum Gasteiger partial charge on any atom is -0.497 e. The van der Waals surface area contributed by atoms with Gasteiger partial charge in [0.15, 0.2) is 0 Å². The monoisotopic (exact) mass is 560 g/mol. The summed E-state index contributed by atoms with van der Waals surface area (Å²) in [4.78, 5) is 64.4. The lowest BCUT2D eigenvalue weighted by atomic mass is 9.84. The van der Waals surface area contributed by atoms with Crippen LogP contribution in [-0.4, -0.2) is 82.6 Å². The summed E-state index contributed by atoms with van der Waals surface area (Å²) in [6.45, 7) is 0.399. The number of carboxylic acids is 2. The average molecular weight is 561 g/mol. The van der Waals surface area contributed by atoms with Crippen molar-refractivity contribution in [3.63, 3.8) is 0 Å². The molecule has 0 unspecified atom stereocenters. The largest absolute Gasteiger partial charge is 0.497 e. The molecule has 220 valence electrons. The summed E-state index contributed by atoms with van der Waals surface area (Å²) in [6, 6.07) is 2.85. The van der Waals surface area contributed by atoms with Crippen LogP contribution in [0.1, 0.15) is 74.6 Å². The third kappa shape index (κ3) is 7.93. The van der Waals surface area contributed by atoms with Crippen molar-refractivity contribution in [3.8, 4) is 5.75 Å². The van der Waals surface area contributed by atoms with Gasteiger partial charge in [-0.3, -0.25) is 14.4 Å². The second-order valence-corrected chi connectivity index (χ2v) is 10.5. The Morgan fingerprint density at radius 3 is 2.33 bits per heavy atom. The molecule has 0 spiro atoms. The molecule has 2 aliphatic rings. The van der Waals surface area contributed by atoms with Crippen LogP contribution in [0.25, 0.3) is 0 Å². The predicted molar refractivity (Wildman–Crippen MR) is 145 cm³/mol. The molecule has 12 nitrogen and oxygen atoms in total. The summed E-state index contributed by atoms with van der Waals surface area (Å²) < 4.78 is 5.10. The van der Waals surface area contributed by atoms with Gasteiger partial charge in [-0.15, -0.1) is 0 Å². The van der Waals surface area contributed by atoms with E-state index in [1.54, 1.807) is 24.3 Å². The minimum absolute atomic E-state index is 0.136. The summed E-state index contributed by atoms with van der Waals surface area (Å²) >= 11 is 0. The molecule has 1 aromatic carbocycles. The number of aliphatic carboxylic acids is 2. The van der Waals surface area contributed by atoms with Crippen LogP contribution in [0.4, 0.5) is 0 Å². The lowest BCUT2D eigenvalue weighted by molar-refractivity contribution is -0.150. The number of carbonyl (C=O) groups excluding carboxylic acids is 3. The van der Waals surface area contributed by atoms with E-state index in [1.165, 1.54) is 12.0 Å². The van der Waals surface area contributed by atoms with Crippen molar-refractivity contribution in [2.45, 2.75) is 88.4 Å². The molecule has 1 heterocycles. The first-order chi connectivity index (χ1) is 19.2. The van der Waals surface area contributed by atoms with Gasteiger partial charge in [-0.2, -0.15) is 0 Å². The number of nitrogens with zero attached hydrogens (tertiary/aromatic N) is 1. The number of methoxy groups -OCH3 is 1. The van der Waals surface area contributed by atoms with Gasteiger partial charge in [0.05, 0.1) is 7.11 Å². The number of carbonyl (C=O) groups is 5. The Kier molecular flexibility index (Phi) is 11.3. The molecule has 5 atom stereocenters. The van der Waals surface area contributed by atoms with Crippen molar-refractivity contribution in [1.82, 2.24) is 15.5 Å². The van der Waals surface area contributed by atoms with Crippen molar-refractivity contribution < 1.29 is 38.9 Å². The number of nitrogens with one attached hydrogen (secondary N) is 2. The van der Waals surface area contributed by atoms with E-state index in [9.17, 15) is 34.2 Å². The van der Waals surface area contributed by atoms with E-state index in [0.29, 0.717) is 37.1 Å². The summed E-state index contributed by atoms with van der Waals surface area (Å²) in [6.07, 6.45) is 4.89. The second kappa shape index (κ2) is 14.6. The molecular weight excluding hydrogens is 520 g/mol. The zero-order valence-electron chi connectivity index (χ0n) is 22.8. The fourth-order valence-electron chi connectivity index (χ4n) is 5.71. The van der Waals surface area contributed by atoms with Crippen LogP contribution >= 0.6 is 0 Å². The third-order valence-electron chi connectivity index (χ3n) is 7.84. The van der Waals surface area contributed by atoms with Crippen LogP contribution in [0.3, 0.4) is 0 Å². The molecule has 0 bridgehead atoms. The smallest absolute Gasteiger partial charge is 0.326 e. The van der Waals surface area contributed by atoms with E-state index < -0.39 is 47.8 Å². The number of hydrogen-bond donors (Lipinski definition) is 5. The Bertz CT molecular complexity index is 1060. The number of carboxylic acid groups (broad SMARTS) is 2. The van der Waals surface area contributed by atoms with Gasteiger partial charge in [0.1, 0.15) is 23.9 Å². The molecule has 1 aliphatic carbocycles. The van der Waals surface area contributed by atoms with Crippen molar-refractivity contribution in [1.29, 1.82) is 0 Å². The molecule has 40 heavy (non-hydrogen) atoms. The maximum Gasteiger partial charge on any atom is 0.326 e. The van der Waals surface area contributed by atoms with E-state index in [0.717, 1.165) is 25.7 Å². The van der Waals surface area contributed by atoms with Crippen LogP contribution in [0, 0.1) is 5.92 Å². The molecular formula is C28H40N4O8. The molecule has 1 aromatic rings. The van der Waals surface area contributed by atoms with E-state index in [2.05, 4.69) is 10.6 Å². The number of amides is 3. The Labute approximate surface area is 233 Å².